The number of hydrogen-bond donors (Lipinski definition) is 2. The lowest BCUT2D eigenvalue weighted by Crippen LogP contribution is -2.33. The Morgan fingerprint density at radius 2 is 2.07 bits per heavy atom. The van der Waals surface area contributed by atoms with Crippen LogP contribution in [0.15, 0.2) is 41.4 Å². The van der Waals surface area contributed by atoms with Crippen LogP contribution in [0.2, 0.25) is 0 Å². The van der Waals surface area contributed by atoms with Crippen LogP contribution in [0.25, 0.3) is 6.08 Å². The summed E-state index contributed by atoms with van der Waals surface area (Å²) >= 11 is 0. The van der Waals surface area contributed by atoms with Crippen LogP contribution < -0.4 is 11.1 Å². The van der Waals surface area contributed by atoms with Crippen LogP contribution in [0.5, 0.6) is 0 Å². The van der Waals surface area contributed by atoms with Gasteiger partial charge in [0.25, 0.3) is 0 Å². The lowest BCUT2D eigenvalue weighted by Gasteiger charge is -1.99. The van der Waals surface area contributed by atoms with Gasteiger partial charge in [-0.25, -0.2) is 4.79 Å². The molecule has 0 bridgehead atoms. The van der Waals surface area contributed by atoms with Crippen LogP contribution in [-0.4, -0.2) is 18.9 Å². The first-order valence-corrected chi connectivity index (χ1v) is 4.48. The van der Waals surface area contributed by atoms with E-state index in [2.05, 4.69) is 10.3 Å². The summed E-state index contributed by atoms with van der Waals surface area (Å²) < 4.78 is 0. The number of amidine groups is 1. The lowest BCUT2D eigenvalue weighted by atomic mass is 10.2. The number of aliphatic imine (C=N–C) groups is 1. The summed E-state index contributed by atoms with van der Waals surface area (Å²) in [7, 11) is 1.58. The van der Waals surface area contributed by atoms with E-state index in [0.29, 0.717) is 5.84 Å². The number of amides is 2. The quantitative estimate of drug-likeness (QED) is 0.553. The smallest absolute Gasteiger partial charge is 0.317 e. The number of primary amides is 1. The van der Waals surface area contributed by atoms with Gasteiger partial charge in [0.1, 0.15) is 5.84 Å². The molecule has 4 nitrogen and oxygen atoms in total. The Morgan fingerprint density at radius 1 is 1.40 bits per heavy atom. The van der Waals surface area contributed by atoms with E-state index in [1.54, 1.807) is 13.1 Å². The first kappa shape index (κ1) is 11.0. The minimum Gasteiger partial charge on any atom is -0.351 e. The highest BCUT2D eigenvalue weighted by molar-refractivity contribution is 6.05. The molecule has 1 aromatic rings. The molecule has 0 aliphatic carbocycles. The molecular weight excluding hydrogens is 190 g/mol. The van der Waals surface area contributed by atoms with E-state index in [0.717, 1.165) is 5.56 Å². The van der Waals surface area contributed by atoms with Crippen LogP contribution in [0.4, 0.5) is 4.79 Å². The highest BCUT2D eigenvalue weighted by Gasteiger charge is 1.95. The van der Waals surface area contributed by atoms with E-state index in [1.807, 2.05) is 36.4 Å². The van der Waals surface area contributed by atoms with E-state index in [4.69, 9.17) is 5.73 Å². The number of carbonyl (C=O) groups excluding carboxylic acids is 1. The summed E-state index contributed by atoms with van der Waals surface area (Å²) in [5.74, 6) is 0.436. The minimum absolute atomic E-state index is 0.436. The highest BCUT2D eigenvalue weighted by atomic mass is 16.2. The molecule has 0 unspecified atom stereocenters. The van der Waals surface area contributed by atoms with Crippen molar-refractivity contribution in [3.8, 4) is 0 Å². The largest absolute Gasteiger partial charge is 0.351 e. The van der Waals surface area contributed by atoms with Gasteiger partial charge in [0.15, 0.2) is 0 Å². The molecule has 0 spiro atoms. The predicted molar refractivity (Wildman–Crippen MR) is 61.6 cm³/mol. The van der Waals surface area contributed by atoms with Gasteiger partial charge in [0.2, 0.25) is 0 Å². The van der Waals surface area contributed by atoms with E-state index >= 15 is 0 Å². The van der Waals surface area contributed by atoms with Crippen molar-refractivity contribution in [2.45, 2.75) is 0 Å². The Labute approximate surface area is 88.5 Å². The predicted octanol–water partition coefficient (Wildman–Crippen LogP) is 1.40. The monoisotopic (exact) mass is 203 g/mol. The molecule has 0 aliphatic heterocycles. The molecule has 0 fully saturated rings. The summed E-state index contributed by atoms with van der Waals surface area (Å²) in [6.07, 6.45) is 3.54. The van der Waals surface area contributed by atoms with Crippen LogP contribution in [0.3, 0.4) is 0 Å². The Kier molecular flexibility index (Phi) is 4.09. The molecule has 0 saturated carbocycles. The zero-order chi connectivity index (χ0) is 11.1. The molecular formula is C11H13N3O. The first-order chi connectivity index (χ1) is 7.22. The van der Waals surface area contributed by atoms with Crippen molar-refractivity contribution in [3.63, 3.8) is 0 Å². The molecule has 2 amide bonds. The number of nitrogens with two attached hydrogens (primary N) is 1. The van der Waals surface area contributed by atoms with Crippen LogP contribution in [0.1, 0.15) is 5.56 Å². The van der Waals surface area contributed by atoms with Gasteiger partial charge in [0, 0.05) is 7.05 Å². The zero-order valence-electron chi connectivity index (χ0n) is 8.47. The average Bonchev–Trinajstić information content (AvgIpc) is 2.25. The molecule has 3 N–H and O–H groups in total. The first-order valence-electron chi connectivity index (χ1n) is 4.48. The second kappa shape index (κ2) is 5.59. The van der Waals surface area contributed by atoms with Gasteiger partial charge < -0.3 is 5.73 Å². The van der Waals surface area contributed by atoms with Crippen molar-refractivity contribution in [2.24, 2.45) is 10.7 Å². The number of nitrogens with one attached hydrogen (secondary N) is 1. The van der Waals surface area contributed by atoms with Crippen LogP contribution in [0, 0.1) is 0 Å². The normalized spacial score (nSPS) is 11.7. The van der Waals surface area contributed by atoms with E-state index in [-0.39, 0.29) is 0 Å². The molecule has 1 rings (SSSR count). The Hall–Kier alpha value is -2.10. The van der Waals surface area contributed by atoms with Gasteiger partial charge in [-0.3, -0.25) is 10.3 Å². The van der Waals surface area contributed by atoms with Crippen LogP contribution in [-0.2, 0) is 0 Å². The molecule has 15 heavy (non-hydrogen) atoms. The zero-order valence-corrected chi connectivity index (χ0v) is 8.47. The number of hydrogen-bond acceptors (Lipinski definition) is 2. The number of rotatable bonds is 2. The maximum absolute atomic E-state index is 10.6. The summed E-state index contributed by atoms with van der Waals surface area (Å²) in [5, 5.41) is 2.40. The molecule has 0 aliphatic rings. The van der Waals surface area contributed by atoms with Crippen molar-refractivity contribution >= 4 is 17.9 Å². The van der Waals surface area contributed by atoms with Crippen molar-refractivity contribution in [1.29, 1.82) is 0 Å². The van der Waals surface area contributed by atoms with Crippen molar-refractivity contribution in [2.75, 3.05) is 7.05 Å². The molecule has 0 atom stereocenters. The molecule has 0 heterocycles. The Morgan fingerprint density at radius 3 is 2.60 bits per heavy atom. The fourth-order valence-electron chi connectivity index (χ4n) is 1.04. The van der Waals surface area contributed by atoms with Gasteiger partial charge in [0.05, 0.1) is 0 Å². The van der Waals surface area contributed by atoms with Crippen molar-refractivity contribution < 1.29 is 4.79 Å². The standard InChI is InChI=1S/C11H13N3O/c1-13-10(14-11(12)15)8-7-9-5-3-2-4-6-9/h2-8H,1H3,(H3,12,13,14,15)/b8-7+. The molecule has 78 valence electrons. The molecule has 0 aromatic heterocycles. The van der Waals surface area contributed by atoms with E-state index < -0.39 is 6.03 Å². The number of carbonyl (C=O) groups is 1. The maximum atomic E-state index is 10.6. The summed E-state index contributed by atoms with van der Waals surface area (Å²) in [4.78, 5) is 14.4. The molecule has 4 heteroatoms. The SMILES string of the molecule is CN=C(/C=C/c1ccccc1)NC(N)=O. The lowest BCUT2D eigenvalue weighted by molar-refractivity contribution is 0.253. The molecule has 1 aromatic carbocycles. The second-order valence-electron chi connectivity index (χ2n) is 2.84. The minimum atomic E-state index is -0.617. The van der Waals surface area contributed by atoms with Gasteiger partial charge in [-0.15, -0.1) is 0 Å². The Balaban J connectivity index is 2.68. The van der Waals surface area contributed by atoms with Gasteiger partial charge in [-0.2, -0.15) is 0 Å². The van der Waals surface area contributed by atoms with Crippen LogP contribution >= 0.6 is 0 Å². The third kappa shape index (κ3) is 4.08. The second-order valence-corrected chi connectivity index (χ2v) is 2.84. The third-order valence-corrected chi connectivity index (χ3v) is 1.73. The highest BCUT2D eigenvalue weighted by Crippen LogP contribution is 2.00. The Bertz CT molecular complexity index is 382. The fraction of sp³-hybridized carbons (Fsp3) is 0.0909. The summed E-state index contributed by atoms with van der Waals surface area (Å²) in [5.41, 5.74) is 6.01. The number of urea groups is 1. The topological polar surface area (TPSA) is 67.5 Å². The fourth-order valence-corrected chi connectivity index (χ4v) is 1.04. The van der Waals surface area contributed by atoms with Crippen molar-refractivity contribution in [3.05, 3.63) is 42.0 Å². The van der Waals surface area contributed by atoms with Gasteiger partial charge in [-0.05, 0) is 11.6 Å². The maximum Gasteiger partial charge on any atom is 0.317 e. The number of nitrogens with zero attached hydrogens (tertiary/aromatic N) is 1. The van der Waals surface area contributed by atoms with E-state index in [1.165, 1.54) is 0 Å². The average molecular weight is 203 g/mol. The van der Waals surface area contributed by atoms with E-state index in [9.17, 15) is 4.79 Å². The van der Waals surface area contributed by atoms with Crippen molar-refractivity contribution in [1.82, 2.24) is 5.32 Å². The van der Waals surface area contributed by atoms with Gasteiger partial charge >= 0.3 is 6.03 Å². The molecule has 0 radical (unpaired) electrons. The van der Waals surface area contributed by atoms with Gasteiger partial charge in [-0.1, -0.05) is 36.4 Å². The summed E-state index contributed by atoms with van der Waals surface area (Å²) in [6, 6.07) is 9.09. The molecule has 0 saturated heterocycles. The summed E-state index contributed by atoms with van der Waals surface area (Å²) in [6.45, 7) is 0. The third-order valence-electron chi connectivity index (χ3n) is 1.73. The number of benzene rings is 1.